The Balaban J connectivity index is 2.21. The molecule has 0 bridgehead atoms. The van der Waals surface area contributed by atoms with Crippen LogP contribution in [-0.2, 0) is 10.2 Å². The molecule has 0 spiro atoms. The number of aromatic nitrogens is 3. The highest BCUT2D eigenvalue weighted by Crippen LogP contribution is 2.37. The van der Waals surface area contributed by atoms with E-state index in [9.17, 15) is 5.11 Å². The fourth-order valence-corrected chi connectivity index (χ4v) is 2.96. The van der Waals surface area contributed by atoms with Crippen molar-refractivity contribution >= 4 is 11.0 Å². The van der Waals surface area contributed by atoms with Gasteiger partial charge in [-0.05, 0) is 29.2 Å². The highest BCUT2D eigenvalue weighted by Gasteiger charge is 2.24. The predicted molar refractivity (Wildman–Crippen MR) is 99.5 cm³/mol. The molecule has 1 N–H and O–H groups in total. The Bertz CT molecular complexity index is 861. The fourth-order valence-electron chi connectivity index (χ4n) is 2.96. The van der Waals surface area contributed by atoms with Crippen molar-refractivity contribution in [3.63, 3.8) is 0 Å². The van der Waals surface area contributed by atoms with E-state index < -0.39 is 0 Å². The van der Waals surface area contributed by atoms with Gasteiger partial charge in [-0.15, -0.1) is 15.0 Å². The van der Waals surface area contributed by atoms with E-state index in [1.54, 1.807) is 7.11 Å². The molecule has 0 aliphatic heterocycles. The summed E-state index contributed by atoms with van der Waals surface area (Å²) >= 11 is 0. The molecule has 1 aromatic heterocycles. The number of benzene rings is 2. The third-order valence-corrected chi connectivity index (χ3v) is 4.41. The molecule has 0 radical (unpaired) electrons. The van der Waals surface area contributed by atoms with Crippen molar-refractivity contribution in [3.05, 3.63) is 47.5 Å². The Hall–Kier alpha value is -2.40. The molecule has 25 heavy (non-hydrogen) atoms. The Labute approximate surface area is 148 Å². The van der Waals surface area contributed by atoms with Crippen LogP contribution in [0.1, 0.15) is 44.7 Å². The van der Waals surface area contributed by atoms with Crippen molar-refractivity contribution in [1.82, 2.24) is 15.0 Å². The van der Waals surface area contributed by atoms with Gasteiger partial charge in [0.1, 0.15) is 22.5 Å². The quantitative estimate of drug-likeness (QED) is 0.775. The Kier molecular flexibility index (Phi) is 4.52. The lowest BCUT2D eigenvalue weighted by molar-refractivity contribution is 0.184. The van der Waals surface area contributed by atoms with Crippen LogP contribution in [0.3, 0.4) is 0 Å². The van der Waals surface area contributed by atoms with Gasteiger partial charge >= 0.3 is 0 Å². The normalized spacial score (nSPS) is 13.3. The molecule has 132 valence electrons. The largest absolute Gasteiger partial charge is 0.505 e. The molecule has 0 saturated heterocycles. The summed E-state index contributed by atoms with van der Waals surface area (Å²) in [5.74, 6) is 0.427. The molecule has 1 heterocycles. The van der Waals surface area contributed by atoms with Gasteiger partial charge in [0.25, 0.3) is 0 Å². The highest BCUT2D eigenvalue weighted by atomic mass is 16.5. The Morgan fingerprint density at radius 3 is 2.24 bits per heavy atom. The summed E-state index contributed by atoms with van der Waals surface area (Å²) in [7, 11) is 1.70. The second-order valence-electron chi connectivity index (χ2n) is 7.52. The molecule has 1 unspecified atom stereocenters. The number of hydrogen-bond donors (Lipinski definition) is 1. The van der Waals surface area contributed by atoms with Gasteiger partial charge in [0, 0.05) is 18.6 Å². The van der Waals surface area contributed by atoms with E-state index in [0.29, 0.717) is 12.3 Å². The zero-order valence-corrected chi connectivity index (χ0v) is 15.4. The van der Waals surface area contributed by atoms with Crippen LogP contribution in [-0.4, -0.2) is 33.8 Å². The van der Waals surface area contributed by atoms with Crippen molar-refractivity contribution in [2.24, 2.45) is 0 Å². The number of fused-ring (bicyclic) bond motifs is 1. The smallest absolute Gasteiger partial charge is 0.146 e. The molecule has 0 saturated carbocycles. The van der Waals surface area contributed by atoms with Crippen LogP contribution in [0.15, 0.2) is 36.4 Å². The van der Waals surface area contributed by atoms with Crippen LogP contribution < -0.4 is 0 Å². The van der Waals surface area contributed by atoms with Crippen molar-refractivity contribution in [3.8, 4) is 11.4 Å². The van der Waals surface area contributed by atoms with Crippen LogP contribution in [0.5, 0.6) is 5.75 Å². The monoisotopic (exact) mass is 339 g/mol. The van der Waals surface area contributed by atoms with Crippen LogP contribution in [0.25, 0.3) is 16.7 Å². The lowest BCUT2D eigenvalue weighted by Gasteiger charge is -2.24. The van der Waals surface area contributed by atoms with Gasteiger partial charge in [-0.25, -0.2) is 0 Å². The van der Waals surface area contributed by atoms with Crippen LogP contribution in [0.4, 0.5) is 0 Å². The number of aromatic hydroxyl groups is 1. The van der Waals surface area contributed by atoms with Crippen molar-refractivity contribution in [1.29, 1.82) is 0 Å². The molecule has 1 atom stereocenters. The van der Waals surface area contributed by atoms with E-state index in [1.807, 2.05) is 30.3 Å². The summed E-state index contributed by atoms with van der Waals surface area (Å²) in [6, 6.07) is 11.7. The van der Waals surface area contributed by atoms with E-state index in [0.717, 1.165) is 22.2 Å². The molecule has 0 fully saturated rings. The molecule has 0 amide bonds. The average molecular weight is 339 g/mol. The van der Waals surface area contributed by atoms with Gasteiger partial charge in [0.15, 0.2) is 0 Å². The molecule has 5 nitrogen and oxygen atoms in total. The summed E-state index contributed by atoms with van der Waals surface area (Å²) in [4.78, 5) is 1.53. The molecule has 3 rings (SSSR count). The van der Waals surface area contributed by atoms with E-state index in [4.69, 9.17) is 4.74 Å². The zero-order valence-electron chi connectivity index (χ0n) is 15.4. The second kappa shape index (κ2) is 6.48. The summed E-state index contributed by atoms with van der Waals surface area (Å²) in [6.07, 6.45) is 0. The maximum absolute atomic E-state index is 10.9. The first-order valence-corrected chi connectivity index (χ1v) is 8.50. The van der Waals surface area contributed by atoms with Crippen molar-refractivity contribution < 1.29 is 9.84 Å². The molecule has 2 aromatic carbocycles. The number of ether oxygens (including phenoxy) is 1. The predicted octanol–water partition coefficient (Wildman–Crippen LogP) is 4.17. The van der Waals surface area contributed by atoms with E-state index in [2.05, 4.69) is 44.0 Å². The van der Waals surface area contributed by atoms with E-state index >= 15 is 0 Å². The van der Waals surface area contributed by atoms with Gasteiger partial charge in [-0.2, -0.15) is 0 Å². The number of methoxy groups -OCH3 is 1. The number of phenols is 1. The minimum absolute atomic E-state index is 0.200. The van der Waals surface area contributed by atoms with Gasteiger partial charge < -0.3 is 9.84 Å². The molecular weight excluding hydrogens is 314 g/mol. The highest BCUT2D eigenvalue weighted by molar-refractivity contribution is 5.73. The first kappa shape index (κ1) is 17.4. The lowest BCUT2D eigenvalue weighted by Crippen LogP contribution is -2.15. The van der Waals surface area contributed by atoms with Gasteiger partial charge in [0.2, 0.25) is 0 Å². The van der Waals surface area contributed by atoms with Crippen molar-refractivity contribution in [2.75, 3.05) is 13.7 Å². The Morgan fingerprint density at radius 1 is 1.12 bits per heavy atom. The molecule has 5 heteroatoms. The molecule has 3 aromatic rings. The average Bonchev–Trinajstić information content (AvgIpc) is 2.97. The number of rotatable bonds is 4. The van der Waals surface area contributed by atoms with Crippen LogP contribution in [0.2, 0.25) is 0 Å². The van der Waals surface area contributed by atoms with Gasteiger partial charge in [-0.3, -0.25) is 0 Å². The summed E-state index contributed by atoms with van der Waals surface area (Å²) in [6.45, 7) is 8.98. The second-order valence-corrected chi connectivity index (χ2v) is 7.52. The standard InChI is InChI=1S/C20H25N3O2/c1-13(12-25-5)14-10-15(20(2,3)4)19(24)18(11-14)23-21-16-8-6-7-9-17(16)22-23/h6-11,13,24H,12H2,1-5H3. The molecule has 0 aliphatic rings. The summed E-state index contributed by atoms with van der Waals surface area (Å²) in [5.41, 5.74) is 3.98. The third kappa shape index (κ3) is 3.37. The number of hydrogen-bond acceptors (Lipinski definition) is 4. The van der Waals surface area contributed by atoms with Gasteiger partial charge in [0.05, 0.1) is 6.61 Å². The number of nitrogens with zero attached hydrogens (tertiary/aromatic N) is 3. The van der Waals surface area contributed by atoms with Crippen LogP contribution >= 0.6 is 0 Å². The maximum Gasteiger partial charge on any atom is 0.146 e. The first-order valence-electron chi connectivity index (χ1n) is 8.50. The summed E-state index contributed by atoms with van der Waals surface area (Å²) in [5, 5.41) is 20.0. The SMILES string of the molecule is COCC(C)c1cc(-n2nc3ccccc3n2)c(O)c(C(C)(C)C)c1. The van der Waals surface area contributed by atoms with Gasteiger partial charge in [-0.1, -0.05) is 45.9 Å². The third-order valence-electron chi connectivity index (χ3n) is 4.41. The first-order chi connectivity index (χ1) is 11.8. The molecular formula is C20H25N3O2. The van der Waals surface area contributed by atoms with E-state index in [-0.39, 0.29) is 17.1 Å². The minimum atomic E-state index is -0.200. The lowest BCUT2D eigenvalue weighted by atomic mass is 9.83. The minimum Gasteiger partial charge on any atom is -0.505 e. The van der Waals surface area contributed by atoms with E-state index in [1.165, 1.54) is 4.80 Å². The topological polar surface area (TPSA) is 60.2 Å². The molecule has 0 aliphatic carbocycles. The number of phenolic OH excluding ortho intramolecular Hbond substituents is 1. The summed E-state index contributed by atoms with van der Waals surface area (Å²) < 4.78 is 5.31. The van der Waals surface area contributed by atoms with Crippen LogP contribution in [0, 0.1) is 0 Å². The maximum atomic E-state index is 10.9. The fraction of sp³-hybridized carbons (Fsp3) is 0.400. The van der Waals surface area contributed by atoms with Crippen molar-refractivity contribution in [2.45, 2.75) is 39.0 Å². The Morgan fingerprint density at radius 2 is 1.72 bits per heavy atom. The zero-order chi connectivity index (χ0) is 18.2.